The summed E-state index contributed by atoms with van der Waals surface area (Å²) in [7, 11) is 0. The van der Waals surface area contributed by atoms with Crippen LogP contribution in [0.4, 0.5) is 4.39 Å². The zero-order chi connectivity index (χ0) is 13.6. The summed E-state index contributed by atoms with van der Waals surface area (Å²) in [6.07, 6.45) is 3.17. The van der Waals surface area contributed by atoms with Crippen LogP contribution in [-0.4, -0.2) is 22.3 Å². The Morgan fingerprint density at radius 1 is 1.44 bits per heavy atom. The molecule has 1 aromatic rings. The first-order chi connectivity index (χ1) is 8.37. The second-order valence-electron chi connectivity index (χ2n) is 4.90. The standard InChI is InChI=1S/C13H18FNO2S/c1-13(2,3)17-12(16)4-5-18-9-10-6-11(14)8-15-7-10/h6-8H,4-5,9H2,1-3H3. The van der Waals surface area contributed by atoms with Crippen molar-refractivity contribution in [2.24, 2.45) is 0 Å². The van der Waals surface area contributed by atoms with E-state index in [2.05, 4.69) is 4.98 Å². The zero-order valence-corrected chi connectivity index (χ0v) is 11.7. The van der Waals surface area contributed by atoms with Gasteiger partial charge in [0.15, 0.2) is 0 Å². The number of aromatic nitrogens is 1. The minimum absolute atomic E-state index is 0.202. The van der Waals surface area contributed by atoms with Crippen molar-refractivity contribution in [2.75, 3.05) is 5.75 Å². The molecule has 0 aliphatic heterocycles. The Morgan fingerprint density at radius 2 is 2.17 bits per heavy atom. The Hall–Kier alpha value is -1.10. The Kier molecular flexibility index (Phi) is 5.59. The zero-order valence-electron chi connectivity index (χ0n) is 10.9. The Morgan fingerprint density at radius 3 is 2.78 bits per heavy atom. The number of pyridine rings is 1. The Bertz CT molecular complexity index is 404. The molecule has 0 bridgehead atoms. The lowest BCUT2D eigenvalue weighted by molar-refractivity contribution is -0.154. The first kappa shape index (κ1) is 15.0. The van der Waals surface area contributed by atoms with Crippen LogP contribution in [0.15, 0.2) is 18.5 Å². The topological polar surface area (TPSA) is 39.2 Å². The molecule has 100 valence electrons. The van der Waals surface area contributed by atoms with E-state index >= 15 is 0 Å². The predicted octanol–water partition coefficient (Wildman–Crippen LogP) is 3.19. The number of carbonyl (C=O) groups excluding carboxylic acids is 1. The number of halogens is 1. The van der Waals surface area contributed by atoms with E-state index in [1.807, 2.05) is 20.8 Å². The van der Waals surface area contributed by atoms with Gasteiger partial charge < -0.3 is 4.74 Å². The van der Waals surface area contributed by atoms with Gasteiger partial charge in [0, 0.05) is 17.7 Å². The molecule has 0 saturated carbocycles. The molecule has 1 rings (SSSR count). The number of ether oxygens (including phenoxy) is 1. The lowest BCUT2D eigenvalue weighted by Crippen LogP contribution is -2.24. The van der Waals surface area contributed by atoms with Crippen LogP contribution in [-0.2, 0) is 15.3 Å². The Labute approximate surface area is 111 Å². The average molecular weight is 271 g/mol. The molecule has 5 heteroatoms. The van der Waals surface area contributed by atoms with Gasteiger partial charge in [-0.2, -0.15) is 11.8 Å². The second-order valence-corrected chi connectivity index (χ2v) is 6.01. The quantitative estimate of drug-likeness (QED) is 0.609. The monoisotopic (exact) mass is 271 g/mol. The van der Waals surface area contributed by atoms with E-state index in [0.29, 0.717) is 17.9 Å². The third-order valence-corrected chi connectivity index (χ3v) is 2.93. The van der Waals surface area contributed by atoms with Crippen molar-refractivity contribution in [1.29, 1.82) is 0 Å². The lowest BCUT2D eigenvalue weighted by atomic mass is 10.2. The molecule has 0 aromatic carbocycles. The molecule has 0 atom stereocenters. The highest BCUT2D eigenvalue weighted by atomic mass is 32.2. The Balaban J connectivity index is 2.21. The summed E-state index contributed by atoms with van der Waals surface area (Å²) in [6.45, 7) is 5.53. The van der Waals surface area contributed by atoms with Crippen molar-refractivity contribution in [3.05, 3.63) is 29.8 Å². The third kappa shape index (κ3) is 6.59. The fourth-order valence-electron chi connectivity index (χ4n) is 1.27. The van der Waals surface area contributed by atoms with E-state index < -0.39 is 5.60 Å². The molecule has 0 amide bonds. The first-order valence-electron chi connectivity index (χ1n) is 5.76. The van der Waals surface area contributed by atoms with Gasteiger partial charge in [-0.1, -0.05) is 0 Å². The predicted molar refractivity (Wildman–Crippen MR) is 70.8 cm³/mol. The lowest BCUT2D eigenvalue weighted by Gasteiger charge is -2.19. The number of esters is 1. The maximum atomic E-state index is 12.8. The first-order valence-corrected chi connectivity index (χ1v) is 6.91. The van der Waals surface area contributed by atoms with Crippen molar-refractivity contribution in [3.8, 4) is 0 Å². The van der Waals surface area contributed by atoms with Gasteiger partial charge in [-0.3, -0.25) is 9.78 Å². The molecule has 1 aromatic heterocycles. The average Bonchev–Trinajstić information content (AvgIpc) is 2.22. The van der Waals surface area contributed by atoms with Crippen LogP contribution in [0.5, 0.6) is 0 Å². The molecule has 0 saturated heterocycles. The molecule has 0 fully saturated rings. The van der Waals surface area contributed by atoms with Crippen LogP contribution in [0.3, 0.4) is 0 Å². The molecule has 3 nitrogen and oxygen atoms in total. The molecule has 0 spiro atoms. The number of thioether (sulfide) groups is 1. The molecule has 1 heterocycles. The molecule has 0 aliphatic carbocycles. The maximum absolute atomic E-state index is 12.8. The number of rotatable bonds is 5. The van der Waals surface area contributed by atoms with Crippen molar-refractivity contribution < 1.29 is 13.9 Å². The fraction of sp³-hybridized carbons (Fsp3) is 0.538. The highest BCUT2D eigenvalue weighted by molar-refractivity contribution is 7.98. The minimum Gasteiger partial charge on any atom is -0.460 e. The molecule has 0 radical (unpaired) electrons. The highest BCUT2D eigenvalue weighted by Gasteiger charge is 2.15. The van der Waals surface area contributed by atoms with Crippen LogP contribution >= 0.6 is 11.8 Å². The van der Waals surface area contributed by atoms with Gasteiger partial charge in [0.2, 0.25) is 0 Å². The summed E-state index contributed by atoms with van der Waals surface area (Å²) in [6, 6.07) is 1.45. The van der Waals surface area contributed by atoms with Crippen molar-refractivity contribution in [2.45, 2.75) is 38.5 Å². The fourth-order valence-corrected chi connectivity index (χ4v) is 2.12. The molecular weight excluding hydrogens is 253 g/mol. The minimum atomic E-state index is -0.436. The molecule has 0 unspecified atom stereocenters. The largest absolute Gasteiger partial charge is 0.460 e. The number of carbonyl (C=O) groups is 1. The van der Waals surface area contributed by atoms with Crippen LogP contribution in [0.1, 0.15) is 32.8 Å². The molecule has 0 N–H and O–H groups in total. The maximum Gasteiger partial charge on any atom is 0.307 e. The van der Waals surface area contributed by atoms with Gasteiger partial charge in [0.05, 0.1) is 12.6 Å². The van der Waals surface area contributed by atoms with E-state index in [-0.39, 0.29) is 11.8 Å². The molecular formula is C13H18FNO2S. The summed E-state index contributed by atoms with van der Waals surface area (Å²) in [5.74, 6) is 0.770. The number of hydrogen-bond donors (Lipinski definition) is 0. The van der Waals surface area contributed by atoms with E-state index in [9.17, 15) is 9.18 Å². The van der Waals surface area contributed by atoms with Crippen molar-refractivity contribution >= 4 is 17.7 Å². The third-order valence-electron chi connectivity index (χ3n) is 1.90. The summed E-state index contributed by atoms with van der Waals surface area (Å²) >= 11 is 1.56. The van der Waals surface area contributed by atoms with Gasteiger partial charge in [0.1, 0.15) is 11.4 Å². The highest BCUT2D eigenvalue weighted by Crippen LogP contribution is 2.15. The summed E-state index contributed by atoms with van der Waals surface area (Å²) in [5, 5.41) is 0. The van der Waals surface area contributed by atoms with Crippen molar-refractivity contribution in [1.82, 2.24) is 4.98 Å². The SMILES string of the molecule is CC(C)(C)OC(=O)CCSCc1cncc(F)c1. The van der Waals surface area contributed by atoms with E-state index in [0.717, 1.165) is 5.56 Å². The van der Waals surface area contributed by atoms with Gasteiger partial charge in [-0.25, -0.2) is 4.39 Å². The normalized spacial score (nSPS) is 11.3. The van der Waals surface area contributed by atoms with Crippen LogP contribution in [0.2, 0.25) is 0 Å². The smallest absolute Gasteiger partial charge is 0.307 e. The summed E-state index contributed by atoms with van der Waals surface area (Å²) in [5.41, 5.74) is 0.387. The van der Waals surface area contributed by atoms with Crippen LogP contribution < -0.4 is 0 Å². The van der Waals surface area contributed by atoms with E-state index in [1.165, 1.54) is 12.3 Å². The summed E-state index contributed by atoms with van der Waals surface area (Å²) < 4.78 is 18.0. The van der Waals surface area contributed by atoms with Crippen molar-refractivity contribution in [3.63, 3.8) is 0 Å². The van der Waals surface area contributed by atoms with Crippen LogP contribution in [0.25, 0.3) is 0 Å². The summed E-state index contributed by atoms with van der Waals surface area (Å²) in [4.78, 5) is 15.2. The molecule has 18 heavy (non-hydrogen) atoms. The molecule has 0 aliphatic rings. The number of nitrogens with zero attached hydrogens (tertiary/aromatic N) is 1. The van der Waals surface area contributed by atoms with E-state index in [4.69, 9.17) is 4.74 Å². The van der Waals surface area contributed by atoms with Crippen LogP contribution in [0, 0.1) is 5.82 Å². The van der Waals surface area contributed by atoms with Gasteiger partial charge in [-0.05, 0) is 32.4 Å². The van der Waals surface area contributed by atoms with Gasteiger partial charge >= 0.3 is 5.97 Å². The number of hydrogen-bond acceptors (Lipinski definition) is 4. The van der Waals surface area contributed by atoms with E-state index in [1.54, 1.807) is 18.0 Å². The van der Waals surface area contributed by atoms with Gasteiger partial charge in [0.25, 0.3) is 0 Å². The second kappa shape index (κ2) is 6.73. The van der Waals surface area contributed by atoms with Gasteiger partial charge in [-0.15, -0.1) is 0 Å².